The number of nitrogens with two attached hydrogens (primary N) is 1. The van der Waals surface area contributed by atoms with Gasteiger partial charge in [0.25, 0.3) is 0 Å². The van der Waals surface area contributed by atoms with Gasteiger partial charge in [0.05, 0.1) is 6.33 Å². The van der Waals surface area contributed by atoms with Crippen molar-refractivity contribution in [1.82, 2.24) is 19.5 Å². The number of rotatable bonds is 6. The summed E-state index contributed by atoms with van der Waals surface area (Å²) in [4.78, 5) is 14.3. The van der Waals surface area contributed by atoms with Gasteiger partial charge in [0.1, 0.15) is 0 Å². The first kappa shape index (κ1) is 23.0. The molecule has 0 amide bonds. The van der Waals surface area contributed by atoms with Crippen molar-refractivity contribution in [2.24, 2.45) is 5.73 Å². The summed E-state index contributed by atoms with van der Waals surface area (Å²) < 4.78 is 2.27. The van der Waals surface area contributed by atoms with E-state index in [0.717, 1.165) is 61.6 Å². The summed E-state index contributed by atoms with van der Waals surface area (Å²) in [6, 6.07) is 1.28. The van der Waals surface area contributed by atoms with E-state index in [1.165, 1.54) is 25.7 Å². The Morgan fingerprint density at radius 1 is 1.07 bits per heavy atom. The average Bonchev–Trinajstić information content (AvgIpc) is 3.31. The van der Waals surface area contributed by atoms with Crippen LogP contribution < -0.4 is 16.4 Å². The van der Waals surface area contributed by atoms with Crippen LogP contribution >= 0.6 is 24.8 Å². The van der Waals surface area contributed by atoms with E-state index in [-0.39, 0.29) is 24.8 Å². The topological polar surface area (TPSA) is 93.7 Å². The first-order chi connectivity index (χ1) is 12.7. The maximum atomic E-state index is 6.04. The summed E-state index contributed by atoms with van der Waals surface area (Å²) >= 11 is 0. The van der Waals surface area contributed by atoms with E-state index in [0.29, 0.717) is 18.1 Å². The van der Waals surface area contributed by atoms with E-state index >= 15 is 0 Å². The Morgan fingerprint density at radius 2 is 1.79 bits per heavy atom. The summed E-state index contributed by atoms with van der Waals surface area (Å²) in [5, 5.41) is 7.00. The number of anilines is 2. The molecule has 0 aliphatic heterocycles. The lowest BCUT2D eigenvalue weighted by molar-refractivity contribution is 0.410. The van der Waals surface area contributed by atoms with Crippen LogP contribution in [0.5, 0.6) is 0 Å². The van der Waals surface area contributed by atoms with Crippen molar-refractivity contribution in [1.29, 1.82) is 0 Å². The van der Waals surface area contributed by atoms with E-state index in [2.05, 4.69) is 27.1 Å². The van der Waals surface area contributed by atoms with E-state index < -0.39 is 0 Å². The Balaban J connectivity index is 0.00000140. The van der Waals surface area contributed by atoms with Gasteiger partial charge in [0.15, 0.2) is 17.0 Å². The largest absolute Gasteiger partial charge is 0.368 e. The van der Waals surface area contributed by atoms with Crippen molar-refractivity contribution in [3.8, 4) is 0 Å². The maximum absolute atomic E-state index is 6.04. The van der Waals surface area contributed by atoms with Crippen LogP contribution in [0.1, 0.15) is 70.8 Å². The predicted octanol–water partition coefficient (Wildman–Crippen LogP) is 4.29. The van der Waals surface area contributed by atoms with Crippen molar-refractivity contribution in [3.05, 3.63) is 6.33 Å². The van der Waals surface area contributed by atoms with Gasteiger partial charge in [-0.1, -0.05) is 19.8 Å². The molecule has 2 aromatic heterocycles. The molecular weight excluding hydrogens is 397 g/mol. The fourth-order valence-corrected chi connectivity index (χ4v) is 4.24. The van der Waals surface area contributed by atoms with Crippen molar-refractivity contribution in [2.45, 2.75) is 82.8 Å². The molecule has 7 nitrogen and oxygen atoms in total. The number of fused-ring (bicyclic) bond motifs is 1. The van der Waals surface area contributed by atoms with Crippen LogP contribution in [0.3, 0.4) is 0 Å². The van der Waals surface area contributed by atoms with Gasteiger partial charge in [-0.2, -0.15) is 9.97 Å². The first-order valence-corrected chi connectivity index (χ1v) is 10.2. The van der Waals surface area contributed by atoms with Gasteiger partial charge in [-0.05, 0) is 44.9 Å². The lowest BCUT2D eigenvalue weighted by atomic mass is 9.92. The molecule has 4 rings (SSSR count). The van der Waals surface area contributed by atoms with Crippen molar-refractivity contribution in [2.75, 3.05) is 17.2 Å². The zero-order valence-electron chi connectivity index (χ0n) is 16.6. The summed E-state index contributed by atoms with van der Waals surface area (Å²) in [6.45, 7) is 3.05. The molecule has 0 saturated heterocycles. The molecule has 2 heterocycles. The Labute approximate surface area is 179 Å². The summed E-state index contributed by atoms with van der Waals surface area (Å²) in [7, 11) is 0. The van der Waals surface area contributed by atoms with E-state index in [1.807, 2.05) is 6.33 Å². The molecule has 9 heteroatoms. The second-order valence-corrected chi connectivity index (χ2v) is 7.84. The number of hydrogen-bond donors (Lipinski definition) is 3. The minimum absolute atomic E-state index is 0. The quantitative estimate of drug-likeness (QED) is 0.633. The summed E-state index contributed by atoms with van der Waals surface area (Å²) in [6.07, 6.45) is 12.3. The second kappa shape index (κ2) is 10.5. The molecule has 158 valence electrons. The van der Waals surface area contributed by atoms with Gasteiger partial charge in [-0.3, -0.25) is 0 Å². The Bertz CT molecular complexity index is 737. The van der Waals surface area contributed by atoms with Gasteiger partial charge in [-0.25, -0.2) is 4.98 Å². The minimum atomic E-state index is 0. The Morgan fingerprint density at radius 3 is 2.46 bits per heavy atom. The molecule has 0 spiro atoms. The monoisotopic (exact) mass is 429 g/mol. The van der Waals surface area contributed by atoms with E-state index in [4.69, 9.17) is 15.7 Å². The van der Waals surface area contributed by atoms with Crippen LogP contribution in [-0.4, -0.2) is 38.1 Å². The molecule has 2 aliphatic carbocycles. The molecule has 4 N–H and O–H groups in total. The zero-order chi connectivity index (χ0) is 17.9. The van der Waals surface area contributed by atoms with Gasteiger partial charge in [-0.15, -0.1) is 24.8 Å². The van der Waals surface area contributed by atoms with Crippen molar-refractivity contribution in [3.63, 3.8) is 0 Å². The lowest BCUT2D eigenvalue weighted by Gasteiger charge is -2.27. The van der Waals surface area contributed by atoms with Crippen LogP contribution in [0.25, 0.3) is 11.2 Å². The molecule has 0 atom stereocenters. The molecule has 2 fully saturated rings. The normalized spacial score (nSPS) is 22.5. The van der Waals surface area contributed by atoms with Crippen LogP contribution in [-0.2, 0) is 0 Å². The van der Waals surface area contributed by atoms with Crippen LogP contribution in [0.15, 0.2) is 6.33 Å². The number of hydrogen-bond acceptors (Lipinski definition) is 6. The third-order valence-electron chi connectivity index (χ3n) is 5.79. The molecule has 0 unspecified atom stereocenters. The minimum Gasteiger partial charge on any atom is -0.368 e. The SMILES string of the molecule is CCCNc1nc(N[C@H]2CC[C@H](N)CC2)nc2c1ncn2C1CCCC1.Cl.Cl. The molecule has 2 saturated carbocycles. The zero-order valence-corrected chi connectivity index (χ0v) is 18.2. The van der Waals surface area contributed by atoms with Gasteiger partial charge in [0.2, 0.25) is 5.95 Å². The van der Waals surface area contributed by atoms with Crippen LogP contribution in [0, 0.1) is 0 Å². The number of nitrogens with one attached hydrogen (secondary N) is 2. The van der Waals surface area contributed by atoms with Gasteiger partial charge in [0, 0.05) is 24.7 Å². The predicted molar refractivity (Wildman–Crippen MR) is 120 cm³/mol. The highest BCUT2D eigenvalue weighted by Crippen LogP contribution is 2.33. The Kier molecular flexibility index (Phi) is 8.58. The standard InChI is InChI=1S/C19H31N7.2ClH/c1-2-11-21-17-16-18(26(12-22-16)15-5-3-4-6-15)25-19(24-17)23-14-9-7-13(20)8-10-14;;/h12-15H,2-11,20H2,1H3,(H2,21,23,24,25);2*1H/t13-,14-;;. The molecule has 2 aliphatic rings. The molecular formula is C19H33Cl2N7. The number of halogens is 2. The van der Waals surface area contributed by atoms with Crippen LogP contribution in [0.4, 0.5) is 11.8 Å². The van der Waals surface area contributed by atoms with Crippen LogP contribution in [0.2, 0.25) is 0 Å². The average molecular weight is 430 g/mol. The highest BCUT2D eigenvalue weighted by Gasteiger charge is 2.23. The second-order valence-electron chi connectivity index (χ2n) is 7.84. The Hall–Kier alpha value is -1.31. The summed E-state index contributed by atoms with van der Waals surface area (Å²) in [5.41, 5.74) is 7.89. The maximum Gasteiger partial charge on any atom is 0.227 e. The van der Waals surface area contributed by atoms with Crippen molar-refractivity contribution < 1.29 is 0 Å². The molecule has 2 aromatic rings. The molecule has 28 heavy (non-hydrogen) atoms. The van der Waals surface area contributed by atoms with E-state index in [9.17, 15) is 0 Å². The molecule has 0 bridgehead atoms. The molecule has 0 radical (unpaired) electrons. The fourth-order valence-electron chi connectivity index (χ4n) is 4.24. The van der Waals surface area contributed by atoms with E-state index in [1.54, 1.807) is 0 Å². The van der Waals surface area contributed by atoms with Gasteiger partial charge >= 0.3 is 0 Å². The third kappa shape index (κ3) is 4.99. The highest BCUT2D eigenvalue weighted by molar-refractivity contribution is 5.86. The highest BCUT2D eigenvalue weighted by atomic mass is 35.5. The smallest absolute Gasteiger partial charge is 0.227 e. The lowest BCUT2D eigenvalue weighted by Crippen LogP contribution is -2.33. The summed E-state index contributed by atoms with van der Waals surface area (Å²) in [5.74, 6) is 1.57. The van der Waals surface area contributed by atoms with Gasteiger partial charge < -0.3 is 20.9 Å². The number of nitrogens with zero attached hydrogens (tertiary/aromatic N) is 4. The fraction of sp³-hybridized carbons (Fsp3) is 0.737. The number of imidazole rings is 1. The third-order valence-corrected chi connectivity index (χ3v) is 5.79. The number of aromatic nitrogens is 4. The first-order valence-electron chi connectivity index (χ1n) is 10.2. The van der Waals surface area contributed by atoms with Crippen molar-refractivity contribution >= 4 is 47.7 Å². The molecule has 0 aromatic carbocycles.